The van der Waals surface area contributed by atoms with Crippen molar-refractivity contribution in [2.45, 2.75) is 19.9 Å². The van der Waals surface area contributed by atoms with Crippen molar-refractivity contribution in [1.29, 1.82) is 0 Å². The van der Waals surface area contributed by atoms with Crippen LogP contribution in [0.4, 0.5) is 0 Å². The number of carbonyl (C=O) groups is 1. The number of hydrogen-bond acceptors (Lipinski definition) is 6. The molecule has 0 heterocycles. The van der Waals surface area contributed by atoms with Crippen molar-refractivity contribution in [1.82, 2.24) is 4.90 Å². The molecule has 0 aliphatic heterocycles. The number of carbonyl (C=O) groups excluding carboxylic acids is 1. The van der Waals surface area contributed by atoms with Crippen LogP contribution >= 0.6 is 7.82 Å². The summed E-state index contributed by atoms with van der Waals surface area (Å²) in [6.07, 6.45) is 0. The Balaban J connectivity index is 2.74. The molecule has 0 N–H and O–H groups in total. The molecule has 0 aliphatic rings. The van der Waals surface area contributed by atoms with Crippen molar-refractivity contribution >= 4 is 13.7 Å². The van der Waals surface area contributed by atoms with Gasteiger partial charge < -0.3 is 28.5 Å². The van der Waals surface area contributed by atoms with E-state index in [0.717, 1.165) is 0 Å². The number of benzene rings is 1. The Hall–Kier alpha value is -1.40. The minimum absolute atomic E-state index is 0.0109. The zero-order valence-corrected chi connectivity index (χ0v) is 13.0. The fourth-order valence-corrected chi connectivity index (χ4v) is 2.05. The summed E-state index contributed by atoms with van der Waals surface area (Å²) in [5.41, 5.74) is 0.442. The van der Waals surface area contributed by atoms with Gasteiger partial charge in [0.05, 0.1) is 21.5 Å². The van der Waals surface area contributed by atoms with E-state index in [0.29, 0.717) is 11.3 Å². The van der Waals surface area contributed by atoms with E-state index in [-0.39, 0.29) is 25.1 Å². The topological polar surface area (TPSA) is 102 Å². The summed E-state index contributed by atoms with van der Waals surface area (Å²) in [6.45, 7) is 3.23. The molecular weight excluding hydrogens is 297 g/mol. The predicted molar refractivity (Wildman–Crippen MR) is 72.7 cm³/mol. The van der Waals surface area contributed by atoms with Crippen molar-refractivity contribution in [2.75, 3.05) is 20.3 Å². The molecule has 1 rings (SSSR count). The van der Waals surface area contributed by atoms with Crippen LogP contribution in [0.15, 0.2) is 24.3 Å². The van der Waals surface area contributed by atoms with Gasteiger partial charge in [-0.1, -0.05) is 0 Å². The molecule has 1 aromatic rings. The highest BCUT2D eigenvalue weighted by molar-refractivity contribution is 7.43. The summed E-state index contributed by atoms with van der Waals surface area (Å²) in [4.78, 5) is 34.6. The van der Waals surface area contributed by atoms with Crippen LogP contribution in [0.3, 0.4) is 0 Å². The van der Waals surface area contributed by atoms with Crippen LogP contribution in [-0.4, -0.2) is 37.1 Å². The van der Waals surface area contributed by atoms with Gasteiger partial charge in [-0.15, -0.1) is 0 Å². The molecule has 118 valence electrons. The first kappa shape index (κ1) is 17.7. The fraction of sp³-hybridized carbons (Fsp3) is 0.462. The average Bonchev–Trinajstić information content (AvgIpc) is 2.41. The maximum absolute atomic E-state index is 12.3. The maximum Gasteiger partial charge on any atom is 0.254 e. The Bertz CT molecular complexity index is 510. The number of phosphoric acid groups is 1. The molecule has 0 atom stereocenters. The van der Waals surface area contributed by atoms with Crippen LogP contribution in [0.5, 0.6) is 5.75 Å². The number of hydrogen-bond donors (Lipinski definition) is 0. The molecule has 0 saturated carbocycles. The van der Waals surface area contributed by atoms with Crippen LogP contribution in [0, 0.1) is 0 Å². The fourth-order valence-electron chi connectivity index (χ4n) is 1.74. The third-order valence-electron chi connectivity index (χ3n) is 2.80. The molecule has 0 unspecified atom stereocenters. The zero-order chi connectivity index (χ0) is 16.0. The lowest BCUT2D eigenvalue weighted by Gasteiger charge is -2.32. The van der Waals surface area contributed by atoms with Gasteiger partial charge >= 0.3 is 0 Å². The largest absolute Gasteiger partial charge is 0.790 e. The lowest BCUT2D eigenvalue weighted by Crippen LogP contribution is -2.39. The molecule has 0 aromatic heterocycles. The van der Waals surface area contributed by atoms with E-state index >= 15 is 0 Å². The molecule has 0 spiro atoms. The van der Waals surface area contributed by atoms with Crippen molar-refractivity contribution < 1.29 is 28.4 Å². The number of rotatable bonds is 7. The zero-order valence-electron chi connectivity index (χ0n) is 12.1. The smallest absolute Gasteiger partial charge is 0.254 e. The highest BCUT2D eigenvalue weighted by Gasteiger charge is 2.18. The van der Waals surface area contributed by atoms with E-state index in [4.69, 9.17) is 4.74 Å². The van der Waals surface area contributed by atoms with E-state index in [1.54, 1.807) is 38.1 Å². The van der Waals surface area contributed by atoms with Crippen LogP contribution in [0.25, 0.3) is 0 Å². The molecular formula is C13H18NO6P-2. The Kier molecular flexibility index (Phi) is 6.36. The monoisotopic (exact) mass is 315 g/mol. The normalized spacial score (nSPS) is 11.5. The number of methoxy groups -OCH3 is 1. The minimum atomic E-state index is -5.02. The van der Waals surface area contributed by atoms with E-state index in [9.17, 15) is 19.1 Å². The quantitative estimate of drug-likeness (QED) is 0.675. The second kappa shape index (κ2) is 7.56. The Labute approximate surface area is 123 Å². The molecule has 0 saturated heterocycles. The maximum atomic E-state index is 12.3. The number of phosphoric ester groups is 1. The van der Waals surface area contributed by atoms with Crippen LogP contribution in [0.1, 0.15) is 24.2 Å². The van der Waals surface area contributed by atoms with E-state index in [2.05, 4.69) is 4.52 Å². The van der Waals surface area contributed by atoms with E-state index < -0.39 is 7.82 Å². The van der Waals surface area contributed by atoms with Gasteiger partial charge in [-0.3, -0.25) is 4.79 Å². The summed E-state index contributed by atoms with van der Waals surface area (Å²) < 4.78 is 19.6. The average molecular weight is 315 g/mol. The second-order valence-corrected chi connectivity index (χ2v) is 5.75. The standard InChI is InChI=1S/C13H20NO6P/c1-10(2)14(8-9-20-21(16,17)18)13(15)11-4-6-12(19-3)7-5-11/h4-7,10H,8-9H2,1-3H3,(H2,16,17,18)/p-2. The molecule has 7 nitrogen and oxygen atoms in total. The van der Waals surface area contributed by atoms with Gasteiger partial charge in [0, 0.05) is 18.2 Å². The molecule has 1 aromatic carbocycles. The first-order chi connectivity index (χ1) is 9.74. The summed E-state index contributed by atoms with van der Waals surface area (Å²) in [6, 6.07) is 6.38. The molecule has 21 heavy (non-hydrogen) atoms. The lowest BCUT2D eigenvalue weighted by molar-refractivity contribution is -0.341. The first-order valence-corrected chi connectivity index (χ1v) is 7.82. The van der Waals surface area contributed by atoms with Crippen LogP contribution < -0.4 is 14.5 Å². The van der Waals surface area contributed by atoms with Crippen molar-refractivity contribution in [3.63, 3.8) is 0 Å². The van der Waals surface area contributed by atoms with E-state index in [1.165, 1.54) is 12.0 Å². The Morgan fingerprint density at radius 1 is 1.29 bits per heavy atom. The summed E-state index contributed by atoms with van der Waals surface area (Å²) in [5.74, 6) is 0.354. The SMILES string of the molecule is COc1ccc(C(=O)N(CCOP(=O)([O-])[O-])C(C)C)cc1. The van der Waals surface area contributed by atoms with Crippen molar-refractivity contribution in [3.05, 3.63) is 29.8 Å². The summed E-state index contributed by atoms with van der Waals surface area (Å²) >= 11 is 0. The molecule has 0 aliphatic carbocycles. The highest BCUT2D eigenvalue weighted by Crippen LogP contribution is 2.24. The Morgan fingerprint density at radius 3 is 2.29 bits per heavy atom. The van der Waals surface area contributed by atoms with Gasteiger partial charge in [-0.05, 0) is 38.1 Å². The predicted octanol–water partition coefficient (Wildman–Crippen LogP) is 0.391. The molecule has 0 bridgehead atoms. The van der Waals surface area contributed by atoms with Gasteiger partial charge in [-0.25, -0.2) is 0 Å². The minimum Gasteiger partial charge on any atom is -0.790 e. The second-order valence-electron chi connectivity index (χ2n) is 4.60. The molecule has 0 fully saturated rings. The summed E-state index contributed by atoms with van der Waals surface area (Å²) in [5, 5.41) is 0. The van der Waals surface area contributed by atoms with Gasteiger partial charge in [0.1, 0.15) is 5.75 Å². The highest BCUT2D eigenvalue weighted by atomic mass is 31.2. The molecule has 1 amide bonds. The number of ether oxygens (including phenoxy) is 1. The third-order valence-corrected chi connectivity index (χ3v) is 3.30. The van der Waals surface area contributed by atoms with E-state index in [1.807, 2.05) is 0 Å². The van der Waals surface area contributed by atoms with Crippen molar-refractivity contribution in [3.8, 4) is 5.75 Å². The van der Waals surface area contributed by atoms with Gasteiger partial charge in [0.15, 0.2) is 0 Å². The van der Waals surface area contributed by atoms with Gasteiger partial charge in [-0.2, -0.15) is 0 Å². The Morgan fingerprint density at radius 2 is 1.86 bits per heavy atom. The van der Waals surface area contributed by atoms with Gasteiger partial charge in [0.25, 0.3) is 5.91 Å². The number of amides is 1. The van der Waals surface area contributed by atoms with Crippen molar-refractivity contribution in [2.24, 2.45) is 0 Å². The van der Waals surface area contributed by atoms with Gasteiger partial charge in [0.2, 0.25) is 0 Å². The first-order valence-electron chi connectivity index (χ1n) is 6.36. The molecule has 0 radical (unpaired) electrons. The molecule has 8 heteroatoms. The van der Waals surface area contributed by atoms with Crippen LogP contribution in [0.2, 0.25) is 0 Å². The van der Waals surface area contributed by atoms with Crippen LogP contribution in [-0.2, 0) is 9.09 Å². The lowest BCUT2D eigenvalue weighted by atomic mass is 10.1. The third kappa shape index (κ3) is 5.85. The number of nitrogens with zero attached hydrogens (tertiary/aromatic N) is 1. The summed E-state index contributed by atoms with van der Waals surface area (Å²) in [7, 11) is -3.49.